The number of nitrogens with one attached hydrogen (secondary N) is 3. The molecule has 1 aliphatic heterocycles. The molecule has 8 nitrogen and oxygen atoms in total. The first-order chi connectivity index (χ1) is 15.0. The summed E-state index contributed by atoms with van der Waals surface area (Å²) in [6, 6.07) is 2.24. The van der Waals surface area contributed by atoms with E-state index in [1.807, 2.05) is 4.90 Å². The molecule has 1 aromatic rings. The predicted molar refractivity (Wildman–Crippen MR) is 116 cm³/mol. The van der Waals surface area contributed by atoms with Gasteiger partial charge in [-0.15, -0.1) is 0 Å². The molecule has 0 aromatic heterocycles. The Bertz CT molecular complexity index is 829. The maximum atomic E-state index is 13.8. The van der Waals surface area contributed by atoms with Gasteiger partial charge in [0.15, 0.2) is 0 Å². The van der Waals surface area contributed by atoms with Crippen LogP contribution in [-0.2, 0) is 14.3 Å². The van der Waals surface area contributed by atoms with E-state index in [4.69, 9.17) is 4.74 Å². The summed E-state index contributed by atoms with van der Waals surface area (Å²) in [6.07, 6.45) is 0.847. The third-order valence-corrected chi connectivity index (χ3v) is 5.03. The fourth-order valence-corrected chi connectivity index (χ4v) is 3.38. The minimum atomic E-state index is -0.720. The van der Waals surface area contributed by atoms with Crippen molar-refractivity contribution in [3.05, 3.63) is 29.8 Å². The molecule has 3 N–H and O–H groups in total. The number of halogens is 2. The molecule has 1 aliphatic rings. The highest BCUT2D eigenvalue weighted by atomic mass is 19.1. The van der Waals surface area contributed by atoms with Crippen LogP contribution in [0.3, 0.4) is 0 Å². The van der Waals surface area contributed by atoms with E-state index < -0.39 is 35.3 Å². The molecule has 1 fully saturated rings. The summed E-state index contributed by atoms with van der Waals surface area (Å²) in [6.45, 7) is 8.42. The number of benzene rings is 1. The largest absolute Gasteiger partial charge is 0.444 e. The second-order valence-electron chi connectivity index (χ2n) is 8.84. The minimum Gasteiger partial charge on any atom is -0.444 e. The number of anilines is 1. The highest BCUT2D eigenvalue weighted by Crippen LogP contribution is 2.21. The van der Waals surface area contributed by atoms with E-state index in [1.54, 1.807) is 27.7 Å². The summed E-state index contributed by atoms with van der Waals surface area (Å²) in [5, 5.41) is 7.77. The van der Waals surface area contributed by atoms with E-state index in [0.29, 0.717) is 19.5 Å². The van der Waals surface area contributed by atoms with Crippen LogP contribution in [0.25, 0.3) is 0 Å². The molecule has 3 amide bonds. The van der Waals surface area contributed by atoms with Gasteiger partial charge < -0.3 is 20.7 Å². The highest BCUT2D eigenvalue weighted by Gasteiger charge is 2.31. The summed E-state index contributed by atoms with van der Waals surface area (Å²) in [7, 11) is 0. The van der Waals surface area contributed by atoms with E-state index in [1.165, 1.54) is 0 Å². The zero-order valence-corrected chi connectivity index (χ0v) is 19.0. The van der Waals surface area contributed by atoms with Crippen molar-refractivity contribution in [3.63, 3.8) is 0 Å². The molecular weight excluding hydrogens is 422 g/mol. The number of rotatable bonds is 7. The third kappa shape index (κ3) is 8.07. The van der Waals surface area contributed by atoms with Gasteiger partial charge in [-0.3, -0.25) is 14.5 Å². The summed E-state index contributed by atoms with van der Waals surface area (Å²) < 4.78 is 32.3. The van der Waals surface area contributed by atoms with Crippen molar-refractivity contribution in [2.45, 2.75) is 52.2 Å². The van der Waals surface area contributed by atoms with Crippen molar-refractivity contribution in [1.82, 2.24) is 15.5 Å². The summed E-state index contributed by atoms with van der Waals surface area (Å²) in [5.74, 6) is -2.32. The van der Waals surface area contributed by atoms with Crippen LogP contribution in [0.2, 0.25) is 0 Å². The maximum absolute atomic E-state index is 13.8. The van der Waals surface area contributed by atoms with Gasteiger partial charge in [-0.05, 0) is 59.2 Å². The molecule has 0 radical (unpaired) electrons. The molecule has 0 bridgehead atoms. The molecule has 2 rings (SSSR count). The molecule has 1 aromatic carbocycles. The van der Waals surface area contributed by atoms with Gasteiger partial charge in [-0.2, -0.15) is 0 Å². The number of carbonyl (C=O) groups is 3. The predicted octanol–water partition coefficient (Wildman–Crippen LogP) is 2.64. The first-order valence-electron chi connectivity index (χ1n) is 10.7. The number of nitrogens with zero attached hydrogens (tertiary/aromatic N) is 1. The first-order valence-corrected chi connectivity index (χ1v) is 10.7. The molecule has 32 heavy (non-hydrogen) atoms. The fraction of sp³-hybridized carbons (Fsp3) is 0.591. The Labute approximate surface area is 187 Å². The van der Waals surface area contributed by atoms with E-state index in [9.17, 15) is 23.2 Å². The first kappa shape index (κ1) is 25.5. The average Bonchev–Trinajstić information content (AvgIpc) is 2.72. The Hall–Kier alpha value is -2.75. The zero-order chi connectivity index (χ0) is 23.9. The molecule has 0 spiro atoms. The molecule has 0 saturated carbocycles. The topological polar surface area (TPSA) is 99.8 Å². The number of carbonyl (C=O) groups excluding carboxylic acids is 3. The lowest BCUT2D eigenvalue weighted by Crippen LogP contribution is -2.50. The van der Waals surface area contributed by atoms with Crippen LogP contribution in [0, 0.1) is 17.6 Å². The summed E-state index contributed by atoms with van der Waals surface area (Å²) >= 11 is 0. The molecule has 0 aliphatic carbocycles. The van der Waals surface area contributed by atoms with Crippen LogP contribution in [0.4, 0.5) is 19.3 Å². The molecule has 1 heterocycles. The molecule has 2 atom stereocenters. The summed E-state index contributed by atoms with van der Waals surface area (Å²) in [4.78, 5) is 38.5. The highest BCUT2D eigenvalue weighted by molar-refractivity contribution is 5.94. The van der Waals surface area contributed by atoms with Crippen molar-refractivity contribution >= 4 is 23.6 Å². The second kappa shape index (κ2) is 11.2. The molecule has 1 saturated heterocycles. The monoisotopic (exact) mass is 454 g/mol. The van der Waals surface area contributed by atoms with Crippen LogP contribution in [0.5, 0.6) is 0 Å². The Morgan fingerprint density at radius 3 is 2.56 bits per heavy atom. The van der Waals surface area contributed by atoms with Crippen LogP contribution in [-0.4, -0.2) is 60.6 Å². The second-order valence-corrected chi connectivity index (χ2v) is 8.84. The van der Waals surface area contributed by atoms with Gasteiger partial charge in [0, 0.05) is 25.7 Å². The van der Waals surface area contributed by atoms with Crippen molar-refractivity contribution in [2.75, 3.05) is 31.5 Å². The molecule has 10 heteroatoms. The Morgan fingerprint density at radius 2 is 1.88 bits per heavy atom. The van der Waals surface area contributed by atoms with Gasteiger partial charge in [-0.1, -0.05) is 0 Å². The SMILES string of the molecule is CC(C(=O)Nc1cc(F)ccc1F)N1CCCC(C(=O)NCCNC(=O)OC(C)(C)C)C1. The van der Waals surface area contributed by atoms with Crippen molar-refractivity contribution in [1.29, 1.82) is 0 Å². The lowest BCUT2D eigenvalue weighted by molar-refractivity contribution is -0.129. The number of ether oxygens (including phenoxy) is 1. The Balaban J connectivity index is 1.80. The van der Waals surface area contributed by atoms with Crippen molar-refractivity contribution in [3.8, 4) is 0 Å². The van der Waals surface area contributed by atoms with Crippen molar-refractivity contribution < 1.29 is 27.9 Å². The lowest BCUT2D eigenvalue weighted by atomic mass is 9.96. The van der Waals surface area contributed by atoms with Gasteiger partial charge in [0.05, 0.1) is 17.6 Å². The van der Waals surface area contributed by atoms with Gasteiger partial charge in [-0.25, -0.2) is 13.6 Å². The van der Waals surface area contributed by atoms with E-state index in [2.05, 4.69) is 16.0 Å². The normalized spacial score (nSPS) is 17.9. The Morgan fingerprint density at radius 1 is 1.19 bits per heavy atom. The smallest absolute Gasteiger partial charge is 0.407 e. The third-order valence-electron chi connectivity index (χ3n) is 5.03. The maximum Gasteiger partial charge on any atom is 0.407 e. The van der Waals surface area contributed by atoms with Crippen LogP contribution in [0.15, 0.2) is 18.2 Å². The number of hydrogen-bond donors (Lipinski definition) is 3. The quantitative estimate of drug-likeness (QED) is 0.550. The number of piperidine rings is 1. The van der Waals surface area contributed by atoms with Gasteiger partial charge in [0.2, 0.25) is 11.8 Å². The minimum absolute atomic E-state index is 0.163. The van der Waals surface area contributed by atoms with E-state index in [-0.39, 0.29) is 30.6 Å². The standard InChI is InChI=1S/C22H32F2N4O4/c1-14(19(29)27-18-12-16(23)7-8-17(18)24)28-11-5-6-15(13-28)20(30)25-9-10-26-21(31)32-22(2,3)4/h7-8,12,14-15H,5-6,9-11,13H2,1-4H3,(H,25,30)(H,26,31)(H,27,29). The number of likely N-dealkylation sites (tertiary alicyclic amines) is 1. The lowest BCUT2D eigenvalue weighted by Gasteiger charge is -2.35. The van der Waals surface area contributed by atoms with Gasteiger partial charge >= 0.3 is 6.09 Å². The molecular formula is C22H32F2N4O4. The zero-order valence-electron chi connectivity index (χ0n) is 19.0. The number of alkyl carbamates (subject to hydrolysis) is 1. The molecule has 2 unspecified atom stereocenters. The van der Waals surface area contributed by atoms with E-state index >= 15 is 0 Å². The molecule has 178 valence electrons. The summed E-state index contributed by atoms with van der Waals surface area (Å²) in [5.41, 5.74) is -0.812. The number of hydrogen-bond acceptors (Lipinski definition) is 5. The Kier molecular flexibility index (Phi) is 8.94. The van der Waals surface area contributed by atoms with Gasteiger partial charge in [0.1, 0.15) is 17.2 Å². The van der Waals surface area contributed by atoms with Crippen molar-refractivity contribution in [2.24, 2.45) is 5.92 Å². The van der Waals surface area contributed by atoms with Crippen LogP contribution in [0.1, 0.15) is 40.5 Å². The van der Waals surface area contributed by atoms with Gasteiger partial charge in [0.25, 0.3) is 0 Å². The average molecular weight is 455 g/mol. The van der Waals surface area contributed by atoms with E-state index in [0.717, 1.165) is 24.6 Å². The van der Waals surface area contributed by atoms with Crippen LogP contribution < -0.4 is 16.0 Å². The fourth-order valence-electron chi connectivity index (χ4n) is 3.38. The van der Waals surface area contributed by atoms with Crippen LogP contribution >= 0.6 is 0 Å². The number of amides is 3.